The summed E-state index contributed by atoms with van der Waals surface area (Å²) in [6.07, 6.45) is 4.28. The number of carboxylic acids is 1. The fourth-order valence-electron chi connectivity index (χ4n) is 2.79. The van der Waals surface area contributed by atoms with Crippen LogP contribution in [0, 0.1) is 0 Å². The van der Waals surface area contributed by atoms with Crippen molar-refractivity contribution in [1.29, 1.82) is 0 Å². The van der Waals surface area contributed by atoms with Crippen LogP contribution in [0.2, 0.25) is 0 Å². The Kier molecular flexibility index (Phi) is 2.35. The first-order chi connectivity index (χ1) is 8.21. The van der Waals surface area contributed by atoms with Crippen LogP contribution in [0.15, 0.2) is 18.2 Å². The second kappa shape index (κ2) is 3.76. The first-order valence-electron chi connectivity index (χ1n) is 6.18. The lowest BCUT2D eigenvalue weighted by molar-refractivity contribution is -0.137. The van der Waals surface area contributed by atoms with Gasteiger partial charge >= 0.3 is 5.97 Å². The van der Waals surface area contributed by atoms with Gasteiger partial charge in [-0.15, -0.1) is 0 Å². The molecule has 0 aromatic heterocycles. The summed E-state index contributed by atoms with van der Waals surface area (Å²) in [6.45, 7) is 0.757. The van der Waals surface area contributed by atoms with E-state index in [1.807, 2.05) is 12.1 Å². The Morgan fingerprint density at radius 3 is 2.94 bits per heavy atom. The van der Waals surface area contributed by atoms with Crippen LogP contribution in [0.3, 0.4) is 0 Å². The minimum atomic E-state index is -0.712. The van der Waals surface area contributed by atoms with Crippen LogP contribution in [0.25, 0.3) is 0 Å². The third-order valence-corrected chi connectivity index (χ3v) is 3.85. The van der Waals surface area contributed by atoms with Crippen LogP contribution >= 0.6 is 0 Å². The molecule has 3 heteroatoms. The summed E-state index contributed by atoms with van der Waals surface area (Å²) in [4.78, 5) is 11.0. The van der Waals surface area contributed by atoms with E-state index in [4.69, 9.17) is 9.84 Å². The number of para-hydroxylation sites is 1. The van der Waals surface area contributed by atoms with Gasteiger partial charge in [-0.25, -0.2) is 0 Å². The van der Waals surface area contributed by atoms with Gasteiger partial charge in [-0.05, 0) is 31.2 Å². The van der Waals surface area contributed by atoms with Gasteiger partial charge in [-0.1, -0.05) is 18.2 Å². The molecule has 3 rings (SSSR count). The SMILES string of the molecule is O=C(O)CC1(c2cccc3c2OCCC3)CC1. The van der Waals surface area contributed by atoms with Crippen molar-refractivity contribution >= 4 is 5.97 Å². The second-order valence-electron chi connectivity index (χ2n) is 5.10. The van der Waals surface area contributed by atoms with Gasteiger partial charge in [0, 0.05) is 11.0 Å². The average Bonchev–Trinajstić information content (AvgIpc) is 3.08. The molecule has 1 aliphatic heterocycles. The van der Waals surface area contributed by atoms with E-state index >= 15 is 0 Å². The number of aliphatic carboxylic acids is 1. The van der Waals surface area contributed by atoms with Crippen LogP contribution in [-0.4, -0.2) is 17.7 Å². The molecule has 0 amide bonds. The van der Waals surface area contributed by atoms with E-state index < -0.39 is 5.97 Å². The van der Waals surface area contributed by atoms with Gasteiger partial charge in [0.15, 0.2) is 0 Å². The molecule has 0 bridgehead atoms. The molecule has 1 aromatic carbocycles. The molecular weight excluding hydrogens is 216 g/mol. The Morgan fingerprint density at radius 1 is 1.41 bits per heavy atom. The largest absolute Gasteiger partial charge is 0.493 e. The predicted molar refractivity (Wildman–Crippen MR) is 63.4 cm³/mol. The fraction of sp³-hybridized carbons (Fsp3) is 0.500. The van der Waals surface area contributed by atoms with Crippen molar-refractivity contribution in [3.05, 3.63) is 29.3 Å². The number of aryl methyl sites for hydroxylation is 1. The van der Waals surface area contributed by atoms with Gasteiger partial charge in [-0.3, -0.25) is 4.79 Å². The predicted octanol–water partition coefficient (Wildman–Crippen LogP) is 2.52. The van der Waals surface area contributed by atoms with Gasteiger partial charge in [0.25, 0.3) is 0 Å². The topological polar surface area (TPSA) is 46.5 Å². The minimum absolute atomic E-state index is 0.144. The number of fused-ring (bicyclic) bond motifs is 1. The summed E-state index contributed by atoms with van der Waals surface area (Å²) in [7, 11) is 0. The maximum Gasteiger partial charge on any atom is 0.304 e. The number of benzene rings is 1. The Bertz CT molecular complexity index is 461. The molecule has 1 N–H and O–H groups in total. The molecule has 0 radical (unpaired) electrons. The van der Waals surface area contributed by atoms with Crippen LogP contribution < -0.4 is 4.74 Å². The van der Waals surface area contributed by atoms with Crippen LogP contribution in [-0.2, 0) is 16.6 Å². The zero-order chi connectivity index (χ0) is 11.9. The monoisotopic (exact) mass is 232 g/mol. The van der Waals surface area contributed by atoms with E-state index in [9.17, 15) is 4.79 Å². The molecule has 1 fully saturated rings. The Labute approximate surface area is 100 Å². The van der Waals surface area contributed by atoms with Crippen molar-refractivity contribution in [2.75, 3.05) is 6.61 Å². The summed E-state index contributed by atoms with van der Waals surface area (Å²) in [5.74, 6) is 0.258. The van der Waals surface area contributed by atoms with Crippen LogP contribution in [0.1, 0.15) is 36.8 Å². The molecule has 2 aliphatic rings. The average molecular weight is 232 g/mol. The molecule has 1 aliphatic carbocycles. The summed E-state index contributed by atoms with van der Waals surface area (Å²) in [6, 6.07) is 6.17. The molecule has 3 nitrogen and oxygen atoms in total. The lowest BCUT2D eigenvalue weighted by Crippen LogP contribution is -2.18. The van der Waals surface area contributed by atoms with E-state index in [0.29, 0.717) is 0 Å². The molecule has 1 aromatic rings. The molecule has 0 spiro atoms. The molecule has 1 heterocycles. The Hall–Kier alpha value is -1.51. The van der Waals surface area contributed by atoms with Gasteiger partial charge in [0.1, 0.15) is 5.75 Å². The smallest absolute Gasteiger partial charge is 0.304 e. The highest BCUT2D eigenvalue weighted by molar-refractivity contribution is 5.71. The first-order valence-corrected chi connectivity index (χ1v) is 6.18. The molecular formula is C14H16O3. The van der Waals surface area contributed by atoms with E-state index in [1.165, 1.54) is 5.56 Å². The van der Waals surface area contributed by atoms with E-state index in [1.54, 1.807) is 0 Å². The molecule has 1 saturated carbocycles. The standard InChI is InChI=1S/C14H16O3/c15-12(16)9-14(6-7-14)11-5-1-3-10-4-2-8-17-13(10)11/h1,3,5H,2,4,6-9H2,(H,15,16). The lowest BCUT2D eigenvalue weighted by Gasteiger charge is -2.24. The number of carboxylic acid groups (broad SMARTS) is 1. The van der Waals surface area contributed by atoms with Gasteiger partial charge in [0.05, 0.1) is 13.0 Å². The zero-order valence-electron chi connectivity index (χ0n) is 9.74. The summed E-state index contributed by atoms with van der Waals surface area (Å²) in [5.41, 5.74) is 2.22. The molecule has 0 unspecified atom stereocenters. The van der Waals surface area contributed by atoms with Crippen molar-refractivity contribution in [3.63, 3.8) is 0 Å². The first kappa shape index (κ1) is 10.6. The second-order valence-corrected chi connectivity index (χ2v) is 5.10. The van der Waals surface area contributed by atoms with Crippen LogP contribution in [0.5, 0.6) is 5.75 Å². The fourth-order valence-corrected chi connectivity index (χ4v) is 2.79. The third-order valence-electron chi connectivity index (χ3n) is 3.85. The lowest BCUT2D eigenvalue weighted by atomic mass is 9.88. The van der Waals surface area contributed by atoms with Crippen molar-refractivity contribution < 1.29 is 14.6 Å². The van der Waals surface area contributed by atoms with E-state index in [2.05, 4.69) is 6.07 Å². The quantitative estimate of drug-likeness (QED) is 0.871. The minimum Gasteiger partial charge on any atom is -0.493 e. The molecule has 17 heavy (non-hydrogen) atoms. The number of hydrogen-bond acceptors (Lipinski definition) is 2. The number of rotatable bonds is 3. The molecule has 0 atom stereocenters. The Morgan fingerprint density at radius 2 is 2.24 bits per heavy atom. The van der Waals surface area contributed by atoms with Crippen molar-refractivity contribution in [2.24, 2.45) is 0 Å². The molecule has 0 saturated heterocycles. The number of carbonyl (C=O) groups is 1. The van der Waals surface area contributed by atoms with E-state index in [-0.39, 0.29) is 11.8 Å². The summed E-state index contributed by atoms with van der Waals surface area (Å²) < 4.78 is 5.77. The van der Waals surface area contributed by atoms with Crippen LogP contribution in [0.4, 0.5) is 0 Å². The highest BCUT2D eigenvalue weighted by atomic mass is 16.5. The highest BCUT2D eigenvalue weighted by Crippen LogP contribution is 2.54. The summed E-state index contributed by atoms with van der Waals surface area (Å²) in [5, 5.41) is 9.01. The normalized spacial score (nSPS) is 20.2. The maximum absolute atomic E-state index is 11.0. The van der Waals surface area contributed by atoms with Gasteiger partial charge in [0.2, 0.25) is 0 Å². The van der Waals surface area contributed by atoms with Gasteiger partial charge < -0.3 is 9.84 Å². The third kappa shape index (κ3) is 1.79. The highest BCUT2D eigenvalue weighted by Gasteiger charge is 2.48. The zero-order valence-corrected chi connectivity index (χ0v) is 9.74. The maximum atomic E-state index is 11.0. The van der Waals surface area contributed by atoms with Gasteiger partial charge in [-0.2, -0.15) is 0 Å². The van der Waals surface area contributed by atoms with Crippen molar-refractivity contribution in [1.82, 2.24) is 0 Å². The van der Waals surface area contributed by atoms with Crippen molar-refractivity contribution in [2.45, 2.75) is 37.5 Å². The van der Waals surface area contributed by atoms with E-state index in [0.717, 1.165) is 43.6 Å². The molecule has 90 valence electrons. The summed E-state index contributed by atoms with van der Waals surface area (Å²) >= 11 is 0. The number of hydrogen-bond donors (Lipinski definition) is 1. The van der Waals surface area contributed by atoms with Crippen molar-refractivity contribution in [3.8, 4) is 5.75 Å². The Balaban J connectivity index is 2.00. The number of ether oxygens (including phenoxy) is 1.